The standard InChI is InChI=1S/C9H13BrClN3/c1-2-4-14(5-3-11)9-12-6-8(10)7-13-9/h6-7H,2-5H2,1H3. The van der Waals surface area contributed by atoms with Gasteiger partial charge < -0.3 is 4.90 Å². The first-order chi connectivity index (χ1) is 6.77. The molecule has 0 radical (unpaired) electrons. The van der Waals surface area contributed by atoms with Gasteiger partial charge >= 0.3 is 0 Å². The zero-order chi connectivity index (χ0) is 10.4. The number of alkyl halides is 1. The second-order valence-corrected chi connectivity index (χ2v) is 4.17. The summed E-state index contributed by atoms with van der Waals surface area (Å²) in [5, 5.41) is 0. The first-order valence-corrected chi connectivity index (χ1v) is 5.89. The van der Waals surface area contributed by atoms with Gasteiger partial charge in [0.15, 0.2) is 0 Å². The smallest absolute Gasteiger partial charge is 0.225 e. The molecular weight excluding hydrogens is 265 g/mol. The van der Waals surface area contributed by atoms with Gasteiger partial charge in [-0.3, -0.25) is 0 Å². The summed E-state index contributed by atoms with van der Waals surface area (Å²) in [5.41, 5.74) is 0. The van der Waals surface area contributed by atoms with Gasteiger partial charge in [0, 0.05) is 31.4 Å². The molecule has 0 aromatic carbocycles. The van der Waals surface area contributed by atoms with Gasteiger partial charge in [-0.2, -0.15) is 0 Å². The summed E-state index contributed by atoms with van der Waals surface area (Å²) in [7, 11) is 0. The molecule has 78 valence electrons. The summed E-state index contributed by atoms with van der Waals surface area (Å²) in [5.74, 6) is 1.34. The van der Waals surface area contributed by atoms with Gasteiger partial charge in [0.1, 0.15) is 0 Å². The van der Waals surface area contributed by atoms with E-state index in [0.717, 1.165) is 29.9 Å². The van der Waals surface area contributed by atoms with Crippen LogP contribution in [0.5, 0.6) is 0 Å². The third kappa shape index (κ3) is 3.42. The van der Waals surface area contributed by atoms with Crippen LogP contribution in [0.25, 0.3) is 0 Å². The molecule has 1 heterocycles. The highest BCUT2D eigenvalue weighted by atomic mass is 79.9. The minimum Gasteiger partial charge on any atom is -0.340 e. The molecule has 0 aliphatic heterocycles. The SMILES string of the molecule is CCCN(CCCl)c1ncc(Br)cn1. The first kappa shape index (κ1) is 11.7. The van der Waals surface area contributed by atoms with Crippen molar-refractivity contribution in [3.8, 4) is 0 Å². The molecule has 1 aromatic rings. The molecule has 0 unspecified atom stereocenters. The fourth-order valence-electron chi connectivity index (χ4n) is 1.15. The lowest BCUT2D eigenvalue weighted by Crippen LogP contribution is -2.28. The molecule has 0 N–H and O–H groups in total. The van der Waals surface area contributed by atoms with Crippen molar-refractivity contribution in [2.45, 2.75) is 13.3 Å². The Morgan fingerprint density at radius 2 is 2.00 bits per heavy atom. The Kier molecular flexibility index (Phi) is 5.19. The Morgan fingerprint density at radius 3 is 2.50 bits per heavy atom. The maximum absolute atomic E-state index is 5.71. The van der Waals surface area contributed by atoms with Crippen LogP contribution in [0.3, 0.4) is 0 Å². The van der Waals surface area contributed by atoms with Crippen molar-refractivity contribution in [1.82, 2.24) is 9.97 Å². The van der Waals surface area contributed by atoms with Crippen LogP contribution < -0.4 is 4.90 Å². The number of halogens is 2. The first-order valence-electron chi connectivity index (χ1n) is 4.56. The normalized spacial score (nSPS) is 10.2. The van der Waals surface area contributed by atoms with Gasteiger partial charge in [-0.05, 0) is 22.4 Å². The zero-order valence-corrected chi connectivity index (χ0v) is 10.4. The Labute approximate surface area is 97.6 Å². The van der Waals surface area contributed by atoms with E-state index in [1.807, 2.05) is 0 Å². The van der Waals surface area contributed by atoms with Crippen molar-refractivity contribution in [2.24, 2.45) is 0 Å². The van der Waals surface area contributed by atoms with E-state index < -0.39 is 0 Å². The van der Waals surface area contributed by atoms with Crippen molar-refractivity contribution in [3.05, 3.63) is 16.9 Å². The number of aromatic nitrogens is 2. The maximum Gasteiger partial charge on any atom is 0.225 e. The average molecular weight is 279 g/mol. The highest BCUT2D eigenvalue weighted by Crippen LogP contribution is 2.11. The monoisotopic (exact) mass is 277 g/mol. The maximum atomic E-state index is 5.71. The van der Waals surface area contributed by atoms with E-state index in [1.165, 1.54) is 0 Å². The molecule has 0 saturated carbocycles. The van der Waals surface area contributed by atoms with Crippen molar-refractivity contribution in [1.29, 1.82) is 0 Å². The van der Waals surface area contributed by atoms with E-state index in [2.05, 4.69) is 37.7 Å². The lowest BCUT2D eigenvalue weighted by Gasteiger charge is -2.20. The van der Waals surface area contributed by atoms with E-state index in [0.29, 0.717) is 5.88 Å². The van der Waals surface area contributed by atoms with Crippen LogP contribution in [-0.4, -0.2) is 28.9 Å². The van der Waals surface area contributed by atoms with Crippen LogP contribution in [-0.2, 0) is 0 Å². The fourth-order valence-corrected chi connectivity index (χ4v) is 1.56. The molecule has 5 heteroatoms. The highest BCUT2D eigenvalue weighted by molar-refractivity contribution is 9.10. The number of nitrogens with zero attached hydrogens (tertiary/aromatic N) is 3. The Morgan fingerprint density at radius 1 is 1.36 bits per heavy atom. The van der Waals surface area contributed by atoms with Gasteiger partial charge in [-0.25, -0.2) is 9.97 Å². The van der Waals surface area contributed by atoms with Crippen molar-refractivity contribution in [2.75, 3.05) is 23.9 Å². The Hall–Kier alpha value is -0.350. The molecule has 1 aromatic heterocycles. The number of hydrogen-bond acceptors (Lipinski definition) is 3. The van der Waals surface area contributed by atoms with E-state index in [4.69, 9.17) is 11.6 Å². The molecule has 0 saturated heterocycles. The van der Waals surface area contributed by atoms with Gasteiger partial charge in [0.25, 0.3) is 0 Å². The summed E-state index contributed by atoms with van der Waals surface area (Å²) in [6.07, 6.45) is 4.56. The summed E-state index contributed by atoms with van der Waals surface area (Å²) < 4.78 is 0.892. The van der Waals surface area contributed by atoms with Gasteiger partial charge in [-0.1, -0.05) is 6.92 Å². The Balaban J connectivity index is 2.71. The second-order valence-electron chi connectivity index (χ2n) is 2.88. The van der Waals surface area contributed by atoms with E-state index in [1.54, 1.807) is 12.4 Å². The molecule has 14 heavy (non-hydrogen) atoms. The van der Waals surface area contributed by atoms with Crippen LogP contribution in [0, 0.1) is 0 Å². The van der Waals surface area contributed by atoms with Crippen LogP contribution in [0.4, 0.5) is 5.95 Å². The number of hydrogen-bond donors (Lipinski definition) is 0. The summed E-state index contributed by atoms with van der Waals surface area (Å²) in [6, 6.07) is 0. The lowest BCUT2D eigenvalue weighted by molar-refractivity contribution is 0.764. The summed E-state index contributed by atoms with van der Waals surface area (Å²) in [6.45, 7) is 3.85. The topological polar surface area (TPSA) is 29.0 Å². The second kappa shape index (κ2) is 6.19. The molecule has 0 bridgehead atoms. The molecule has 0 spiro atoms. The van der Waals surface area contributed by atoms with Crippen molar-refractivity contribution < 1.29 is 0 Å². The molecule has 0 amide bonds. The predicted octanol–water partition coefficient (Wildman–Crippen LogP) is 2.69. The van der Waals surface area contributed by atoms with E-state index in [9.17, 15) is 0 Å². The van der Waals surface area contributed by atoms with Crippen LogP contribution in [0.1, 0.15) is 13.3 Å². The summed E-state index contributed by atoms with van der Waals surface area (Å²) >= 11 is 9.01. The number of anilines is 1. The minimum absolute atomic E-state index is 0.597. The molecule has 3 nitrogen and oxygen atoms in total. The molecule has 0 aliphatic rings. The zero-order valence-electron chi connectivity index (χ0n) is 8.08. The Bertz CT molecular complexity index is 259. The predicted molar refractivity (Wildman–Crippen MR) is 63.0 cm³/mol. The molecule has 1 rings (SSSR count). The van der Waals surface area contributed by atoms with Gasteiger partial charge in [0.05, 0.1) is 4.47 Å². The quantitative estimate of drug-likeness (QED) is 0.776. The third-order valence-corrected chi connectivity index (χ3v) is 2.32. The van der Waals surface area contributed by atoms with Crippen molar-refractivity contribution in [3.63, 3.8) is 0 Å². The summed E-state index contributed by atoms with van der Waals surface area (Å²) in [4.78, 5) is 10.5. The van der Waals surface area contributed by atoms with E-state index >= 15 is 0 Å². The average Bonchev–Trinajstić information content (AvgIpc) is 2.19. The van der Waals surface area contributed by atoms with Crippen LogP contribution in [0.2, 0.25) is 0 Å². The minimum atomic E-state index is 0.597. The fraction of sp³-hybridized carbons (Fsp3) is 0.556. The van der Waals surface area contributed by atoms with Gasteiger partial charge in [-0.15, -0.1) is 11.6 Å². The largest absolute Gasteiger partial charge is 0.340 e. The molecular formula is C9H13BrClN3. The molecule has 0 aliphatic carbocycles. The van der Waals surface area contributed by atoms with Crippen LogP contribution >= 0.6 is 27.5 Å². The highest BCUT2D eigenvalue weighted by Gasteiger charge is 2.06. The van der Waals surface area contributed by atoms with Crippen molar-refractivity contribution >= 4 is 33.5 Å². The van der Waals surface area contributed by atoms with E-state index in [-0.39, 0.29) is 0 Å². The molecule has 0 fully saturated rings. The lowest BCUT2D eigenvalue weighted by atomic mass is 10.4. The van der Waals surface area contributed by atoms with Crippen LogP contribution in [0.15, 0.2) is 16.9 Å². The van der Waals surface area contributed by atoms with Gasteiger partial charge in [0.2, 0.25) is 5.95 Å². The third-order valence-electron chi connectivity index (χ3n) is 1.74. The number of rotatable bonds is 5. The molecule has 0 atom stereocenters.